The molecule has 1 N–H and O–H groups in total. The van der Waals surface area contributed by atoms with Gasteiger partial charge in [0.05, 0.1) is 0 Å². The van der Waals surface area contributed by atoms with E-state index >= 15 is 0 Å². The molecule has 0 saturated carbocycles. The first-order chi connectivity index (χ1) is 6.72. The molecular weight excluding hydrogens is 194 g/mol. The fourth-order valence-electron chi connectivity index (χ4n) is 1.33. The summed E-state index contributed by atoms with van der Waals surface area (Å²) in [5, 5.41) is 3.90. The summed E-state index contributed by atoms with van der Waals surface area (Å²) in [7, 11) is 1.95. The van der Waals surface area contributed by atoms with E-state index in [0.29, 0.717) is 0 Å². The molecule has 0 radical (unpaired) electrons. The molecule has 0 atom stereocenters. The minimum absolute atomic E-state index is 0.795. The van der Waals surface area contributed by atoms with Crippen molar-refractivity contribution in [1.82, 2.24) is 5.32 Å². The van der Waals surface area contributed by atoms with Crippen molar-refractivity contribution in [3.63, 3.8) is 0 Å². The minimum atomic E-state index is 0.795. The average molecular weight is 210 g/mol. The Bertz CT molecular complexity index is 307. The van der Waals surface area contributed by atoms with Crippen LogP contribution in [0.25, 0.3) is 0 Å². The van der Waals surface area contributed by atoms with Gasteiger partial charge in [-0.2, -0.15) is 0 Å². The lowest BCUT2D eigenvalue weighted by molar-refractivity contribution is 0.774. The molecule has 1 aromatic carbocycles. The fraction of sp³-hybridized carbons (Fsp3) is 0.333. The highest BCUT2D eigenvalue weighted by atomic mass is 35.5. The van der Waals surface area contributed by atoms with Crippen molar-refractivity contribution >= 4 is 11.6 Å². The first-order valence-corrected chi connectivity index (χ1v) is 5.16. The second-order valence-electron chi connectivity index (χ2n) is 3.41. The summed E-state index contributed by atoms with van der Waals surface area (Å²) in [6.45, 7) is 5.02. The van der Waals surface area contributed by atoms with Crippen LogP contribution in [0.4, 0.5) is 0 Å². The van der Waals surface area contributed by atoms with Gasteiger partial charge in [0.25, 0.3) is 0 Å². The molecule has 0 aromatic heterocycles. The van der Waals surface area contributed by atoms with Gasteiger partial charge in [-0.25, -0.2) is 0 Å². The van der Waals surface area contributed by atoms with Crippen molar-refractivity contribution in [2.75, 3.05) is 13.6 Å². The molecule has 0 aliphatic carbocycles. The van der Waals surface area contributed by atoms with Crippen LogP contribution in [0.5, 0.6) is 0 Å². The van der Waals surface area contributed by atoms with Crippen LogP contribution in [0.1, 0.15) is 12.0 Å². The van der Waals surface area contributed by atoms with Crippen LogP contribution < -0.4 is 5.32 Å². The maximum absolute atomic E-state index is 5.89. The predicted octanol–water partition coefficient (Wildman–Crippen LogP) is 3.05. The molecular formula is C12H16ClN. The molecule has 1 aromatic rings. The molecule has 0 fully saturated rings. The van der Waals surface area contributed by atoms with E-state index in [1.54, 1.807) is 0 Å². The van der Waals surface area contributed by atoms with Crippen LogP contribution >= 0.6 is 11.6 Å². The molecule has 0 aliphatic heterocycles. The molecule has 76 valence electrons. The van der Waals surface area contributed by atoms with E-state index in [1.807, 2.05) is 25.2 Å². The third kappa shape index (κ3) is 3.95. The molecule has 0 bridgehead atoms. The summed E-state index contributed by atoms with van der Waals surface area (Å²) in [6, 6.07) is 7.94. The van der Waals surface area contributed by atoms with Crippen LogP contribution in [-0.2, 0) is 6.42 Å². The average Bonchev–Trinajstić information content (AvgIpc) is 2.15. The standard InChI is InChI=1S/C12H16ClN/c1-10(6-7-14-2)8-11-4-3-5-12(13)9-11/h3-5,9,14H,1,6-8H2,2H3. The lowest BCUT2D eigenvalue weighted by atomic mass is 10.0. The minimum Gasteiger partial charge on any atom is -0.319 e. The number of hydrogen-bond acceptors (Lipinski definition) is 1. The molecule has 2 heteroatoms. The van der Waals surface area contributed by atoms with E-state index in [9.17, 15) is 0 Å². The van der Waals surface area contributed by atoms with Crippen LogP contribution in [0, 0.1) is 0 Å². The van der Waals surface area contributed by atoms with Gasteiger partial charge in [-0.3, -0.25) is 0 Å². The van der Waals surface area contributed by atoms with Crippen LogP contribution in [0.2, 0.25) is 5.02 Å². The van der Waals surface area contributed by atoms with E-state index in [-0.39, 0.29) is 0 Å². The summed E-state index contributed by atoms with van der Waals surface area (Å²) in [5.41, 5.74) is 2.47. The first kappa shape index (κ1) is 11.3. The normalized spacial score (nSPS) is 10.1. The van der Waals surface area contributed by atoms with Crippen molar-refractivity contribution in [2.45, 2.75) is 12.8 Å². The van der Waals surface area contributed by atoms with Crippen molar-refractivity contribution in [3.8, 4) is 0 Å². The van der Waals surface area contributed by atoms with Crippen molar-refractivity contribution < 1.29 is 0 Å². The van der Waals surface area contributed by atoms with Gasteiger partial charge in [0, 0.05) is 5.02 Å². The van der Waals surface area contributed by atoms with E-state index in [2.05, 4.69) is 18.0 Å². The van der Waals surface area contributed by atoms with Gasteiger partial charge in [0.1, 0.15) is 0 Å². The summed E-state index contributed by atoms with van der Waals surface area (Å²) < 4.78 is 0. The van der Waals surface area contributed by atoms with Crippen molar-refractivity contribution in [1.29, 1.82) is 0 Å². The molecule has 0 saturated heterocycles. The lowest BCUT2D eigenvalue weighted by Crippen LogP contribution is -2.08. The SMILES string of the molecule is C=C(CCNC)Cc1cccc(Cl)c1. The third-order valence-corrected chi connectivity index (χ3v) is 2.31. The number of benzene rings is 1. The monoisotopic (exact) mass is 209 g/mol. The first-order valence-electron chi connectivity index (χ1n) is 4.78. The Labute approximate surface area is 90.8 Å². The van der Waals surface area contributed by atoms with Crippen molar-refractivity contribution in [3.05, 3.63) is 47.0 Å². The number of rotatable bonds is 5. The Morgan fingerprint density at radius 1 is 1.50 bits per heavy atom. The zero-order valence-corrected chi connectivity index (χ0v) is 9.27. The Morgan fingerprint density at radius 3 is 2.93 bits per heavy atom. The summed E-state index contributed by atoms with van der Waals surface area (Å²) in [6.07, 6.45) is 1.94. The van der Waals surface area contributed by atoms with E-state index in [4.69, 9.17) is 11.6 Å². The largest absolute Gasteiger partial charge is 0.319 e. The van der Waals surface area contributed by atoms with Gasteiger partial charge in [-0.15, -0.1) is 0 Å². The van der Waals surface area contributed by atoms with Crippen molar-refractivity contribution in [2.24, 2.45) is 0 Å². The van der Waals surface area contributed by atoms with Gasteiger partial charge in [0.2, 0.25) is 0 Å². The Hall–Kier alpha value is -0.790. The molecule has 0 heterocycles. The fourth-order valence-corrected chi connectivity index (χ4v) is 1.54. The third-order valence-electron chi connectivity index (χ3n) is 2.07. The van der Waals surface area contributed by atoms with Gasteiger partial charge >= 0.3 is 0 Å². The molecule has 0 amide bonds. The van der Waals surface area contributed by atoms with Gasteiger partial charge in [-0.05, 0) is 44.1 Å². The second-order valence-corrected chi connectivity index (χ2v) is 3.85. The van der Waals surface area contributed by atoms with Gasteiger partial charge in [0.15, 0.2) is 0 Å². The topological polar surface area (TPSA) is 12.0 Å². The quantitative estimate of drug-likeness (QED) is 0.736. The Balaban J connectivity index is 2.47. The Kier molecular flexibility index (Phi) is 4.71. The van der Waals surface area contributed by atoms with Crippen LogP contribution in [0.15, 0.2) is 36.4 Å². The lowest BCUT2D eigenvalue weighted by Gasteiger charge is -2.05. The van der Waals surface area contributed by atoms with Crippen LogP contribution in [-0.4, -0.2) is 13.6 Å². The van der Waals surface area contributed by atoms with E-state index in [1.165, 1.54) is 11.1 Å². The summed E-state index contributed by atoms with van der Waals surface area (Å²) in [4.78, 5) is 0. The maximum atomic E-state index is 5.89. The number of halogens is 1. The molecule has 14 heavy (non-hydrogen) atoms. The van der Waals surface area contributed by atoms with Gasteiger partial charge in [-0.1, -0.05) is 35.9 Å². The van der Waals surface area contributed by atoms with Crippen LogP contribution in [0.3, 0.4) is 0 Å². The zero-order chi connectivity index (χ0) is 10.4. The Morgan fingerprint density at radius 2 is 2.29 bits per heavy atom. The van der Waals surface area contributed by atoms with E-state index in [0.717, 1.165) is 24.4 Å². The smallest absolute Gasteiger partial charge is 0.0408 e. The molecule has 1 rings (SSSR count). The number of hydrogen-bond donors (Lipinski definition) is 1. The summed E-state index contributed by atoms with van der Waals surface area (Å²) in [5.74, 6) is 0. The highest BCUT2D eigenvalue weighted by Crippen LogP contribution is 2.14. The predicted molar refractivity (Wildman–Crippen MR) is 62.8 cm³/mol. The van der Waals surface area contributed by atoms with Gasteiger partial charge < -0.3 is 5.32 Å². The number of nitrogens with one attached hydrogen (secondary N) is 1. The molecule has 0 aliphatic rings. The summed E-state index contributed by atoms with van der Waals surface area (Å²) >= 11 is 5.89. The molecule has 0 unspecified atom stereocenters. The highest BCUT2D eigenvalue weighted by Gasteiger charge is 1.97. The molecule has 0 spiro atoms. The highest BCUT2D eigenvalue weighted by molar-refractivity contribution is 6.30. The zero-order valence-electron chi connectivity index (χ0n) is 8.52. The molecule has 1 nitrogen and oxygen atoms in total. The maximum Gasteiger partial charge on any atom is 0.0408 e. The van der Waals surface area contributed by atoms with E-state index < -0.39 is 0 Å². The second kappa shape index (κ2) is 5.84.